The first-order chi connectivity index (χ1) is 10.2. The van der Waals surface area contributed by atoms with Crippen LogP contribution in [0, 0.1) is 10.1 Å². The molecule has 0 N–H and O–H groups in total. The molecule has 11 heteroatoms. The van der Waals surface area contributed by atoms with Crippen molar-refractivity contribution in [2.75, 3.05) is 0 Å². The van der Waals surface area contributed by atoms with Gasteiger partial charge in [-0.05, 0) is 0 Å². The predicted molar refractivity (Wildman–Crippen MR) is 74.3 cm³/mol. The lowest BCUT2D eigenvalue weighted by Crippen LogP contribution is -2.74. The molecular formula is C11H10ClN5O5. The van der Waals surface area contributed by atoms with Crippen LogP contribution in [-0.4, -0.2) is 50.3 Å². The number of nitro groups is 1. The summed E-state index contributed by atoms with van der Waals surface area (Å²) >= 11 is 6.02. The van der Waals surface area contributed by atoms with Gasteiger partial charge in [0.05, 0.1) is 4.92 Å². The van der Waals surface area contributed by atoms with Crippen molar-refractivity contribution in [3.63, 3.8) is 0 Å². The molecule has 1 atom stereocenters. The highest BCUT2D eigenvalue weighted by atomic mass is 35.5. The van der Waals surface area contributed by atoms with Crippen molar-refractivity contribution in [1.29, 1.82) is 0 Å². The van der Waals surface area contributed by atoms with Gasteiger partial charge in [-0.15, -0.1) is 0 Å². The zero-order valence-electron chi connectivity index (χ0n) is 11.7. The third-order valence-electron chi connectivity index (χ3n) is 3.16. The van der Waals surface area contributed by atoms with Crippen LogP contribution in [0.1, 0.15) is 20.8 Å². The Hall–Kier alpha value is -2.62. The SMILES string of the molecule is CC(=O)N1C2=NC=NC2=C(Cl)N(C(C)=O)C1(C(C)=O)[N+](=O)[O-]. The number of ketones is 1. The number of rotatable bonds is 2. The van der Waals surface area contributed by atoms with Crippen LogP contribution in [0.15, 0.2) is 20.8 Å². The number of carbonyl (C=O) groups excluding carboxylic acids is 3. The molecular weight excluding hydrogens is 318 g/mol. The lowest BCUT2D eigenvalue weighted by Gasteiger charge is -2.42. The number of nitrogens with zero attached hydrogens (tertiary/aromatic N) is 5. The average Bonchev–Trinajstić information content (AvgIpc) is 2.85. The molecule has 0 fully saturated rings. The predicted octanol–water partition coefficient (Wildman–Crippen LogP) is 0.0648. The van der Waals surface area contributed by atoms with Crippen molar-refractivity contribution >= 4 is 41.4 Å². The molecule has 1 unspecified atom stereocenters. The quantitative estimate of drug-likeness (QED) is 0.403. The van der Waals surface area contributed by atoms with Crippen molar-refractivity contribution in [3.05, 3.63) is 21.0 Å². The number of aliphatic imine (C=N–C) groups is 2. The van der Waals surface area contributed by atoms with Crippen molar-refractivity contribution in [1.82, 2.24) is 9.80 Å². The largest absolute Gasteiger partial charge is 0.452 e. The standard InChI is InChI=1S/C11H10ClN5O5/c1-5(18)11(17(21)22)15(6(2)19)9(12)8-10(14-4-13-8)16(11)7(3)20/h4H,1-3H3. The molecule has 22 heavy (non-hydrogen) atoms. The van der Waals surface area contributed by atoms with E-state index in [1.54, 1.807) is 0 Å². The highest BCUT2D eigenvalue weighted by Crippen LogP contribution is 2.39. The van der Waals surface area contributed by atoms with Gasteiger partial charge in [0, 0.05) is 20.8 Å². The van der Waals surface area contributed by atoms with Gasteiger partial charge in [0.1, 0.15) is 17.2 Å². The first kappa shape index (κ1) is 15.8. The molecule has 0 spiro atoms. The second kappa shape index (κ2) is 4.98. The van der Waals surface area contributed by atoms with E-state index in [1.165, 1.54) is 0 Å². The number of halogens is 1. The minimum Gasteiger partial charge on any atom is -0.287 e. The average molecular weight is 328 g/mol. The van der Waals surface area contributed by atoms with E-state index < -0.39 is 33.5 Å². The molecule has 0 aromatic carbocycles. The van der Waals surface area contributed by atoms with Crippen LogP contribution in [0.4, 0.5) is 0 Å². The number of hydrogen-bond donors (Lipinski definition) is 0. The lowest BCUT2D eigenvalue weighted by molar-refractivity contribution is -0.596. The van der Waals surface area contributed by atoms with Crippen LogP contribution in [0.3, 0.4) is 0 Å². The molecule has 0 aromatic heterocycles. The number of fused-ring (bicyclic) bond motifs is 1. The van der Waals surface area contributed by atoms with Crippen LogP contribution >= 0.6 is 11.6 Å². The first-order valence-corrected chi connectivity index (χ1v) is 6.32. The van der Waals surface area contributed by atoms with E-state index in [0.717, 1.165) is 27.1 Å². The molecule has 0 aromatic rings. The zero-order chi connectivity index (χ0) is 16.8. The van der Waals surface area contributed by atoms with E-state index in [0.29, 0.717) is 9.80 Å². The van der Waals surface area contributed by atoms with Crippen LogP contribution in [-0.2, 0) is 14.4 Å². The van der Waals surface area contributed by atoms with E-state index in [2.05, 4.69) is 9.98 Å². The van der Waals surface area contributed by atoms with Gasteiger partial charge >= 0.3 is 5.79 Å². The molecule has 0 saturated heterocycles. The Balaban J connectivity index is 2.93. The maximum atomic E-state index is 12.1. The molecule has 2 rings (SSSR count). The van der Waals surface area contributed by atoms with E-state index in [1.807, 2.05) is 0 Å². The summed E-state index contributed by atoms with van der Waals surface area (Å²) in [5, 5.41) is 11.3. The zero-order valence-corrected chi connectivity index (χ0v) is 12.5. The fourth-order valence-corrected chi connectivity index (χ4v) is 2.76. The lowest BCUT2D eigenvalue weighted by atomic mass is 10.1. The highest BCUT2D eigenvalue weighted by Gasteiger charge is 2.67. The normalized spacial score (nSPS) is 23.4. The van der Waals surface area contributed by atoms with E-state index >= 15 is 0 Å². The van der Waals surface area contributed by atoms with Gasteiger partial charge < -0.3 is 0 Å². The molecule has 2 amide bonds. The van der Waals surface area contributed by atoms with Gasteiger partial charge in [0.15, 0.2) is 5.84 Å². The summed E-state index contributed by atoms with van der Waals surface area (Å²) in [7, 11) is 0. The van der Waals surface area contributed by atoms with E-state index in [9.17, 15) is 24.5 Å². The van der Waals surface area contributed by atoms with E-state index in [-0.39, 0.29) is 11.5 Å². The van der Waals surface area contributed by atoms with Gasteiger partial charge in [-0.2, -0.15) is 0 Å². The molecule has 2 aliphatic heterocycles. The van der Waals surface area contributed by atoms with Gasteiger partial charge in [-0.3, -0.25) is 24.5 Å². The van der Waals surface area contributed by atoms with Gasteiger partial charge in [0.25, 0.3) is 5.78 Å². The Morgan fingerprint density at radius 2 is 1.77 bits per heavy atom. The van der Waals surface area contributed by atoms with Crippen molar-refractivity contribution in [2.24, 2.45) is 9.98 Å². The summed E-state index contributed by atoms with van der Waals surface area (Å²) in [5.74, 6) is -5.90. The Morgan fingerprint density at radius 1 is 1.23 bits per heavy atom. The monoisotopic (exact) mass is 327 g/mol. The minimum atomic E-state index is -2.83. The molecule has 0 saturated carbocycles. The number of carbonyl (C=O) groups is 3. The van der Waals surface area contributed by atoms with Crippen LogP contribution < -0.4 is 0 Å². The van der Waals surface area contributed by atoms with Crippen molar-refractivity contribution in [3.8, 4) is 0 Å². The molecule has 0 aliphatic carbocycles. The van der Waals surface area contributed by atoms with Gasteiger partial charge in [-0.25, -0.2) is 19.8 Å². The summed E-state index contributed by atoms with van der Waals surface area (Å²) in [4.78, 5) is 55.2. The summed E-state index contributed by atoms with van der Waals surface area (Å²) in [6.45, 7) is 2.89. The fraction of sp³-hybridized carbons (Fsp3) is 0.364. The highest BCUT2D eigenvalue weighted by molar-refractivity contribution is 6.35. The van der Waals surface area contributed by atoms with E-state index in [4.69, 9.17) is 11.6 Å². The molecule has 2 heterocycles. The van der Waals surface area contributed by atoms with Crippen LogP contribution in [0.2, 0.25) is 0 Å². The number of amidine groups is 1. The second-order valence-electron chi connectivity index (χ2n) is 4.49. The summed E-state index contributed by atoms with van der Waals surface area (Å²) in [5.41, 5.74) is -0.0919. The van der Waals surface area contributed by atoms with Gasteiger partial charge in [0.2, 0.25) is 11.8 Å². The summed E-state index contributed by atoms with van der Waals surface area (Å²) < 4.78 is 0. The number of Topliss-reactive ketones (excluding diaryl/α,β-unsaturated/α-hetero) is 1. The van der Waals surface area contributed by atoms with Crippen LogP contribution in [0.5, 0.6) is 0 Å². The third kappa shape index (κ3) is 1.77. The van der Waals surface area contributed by atoms with Crippen molar-refractivity contribution in [2.45, 2.75) is 26.6 Å². The fourth-order valence-electron chi connectivity index (χ4n) is 2.39. The molecule has 2 aliphatic rings. The summed E-state index contributed by atoms with van der Waals surface area (Å²) in [6, 6.07) is 0. The maximum Gasteiger partial charge on any atom is 0.452 e. The Kier molecular flexibility index (Phi) is 3.57. The van der Waals surface area contributed by atoms with Crippen molar-refractivity contribution < 1.29 is 19.3 Å². The topological polar surface area (TPSA) is 126 Å². The van der Waals surface area contributed by atoms with Crippen LogP contribution in [0.25, 0.3) is 0 Å². The number of hydrogen-bond acceptors (Lipinski definition) is 7. The molecule has 0 bridgehead atoms. The Morgan fingerprint density at radius 3 is 2.18 bits per heavy atom. The first-order valence-electron chi connectivity index (χ1n) is 5.95. The smallest absolute Gasteiger partial charge is 0.287 e. The Labute approximate surface area is 128 Å². The van der Waals surface area contributed by atoms with Gasteiger partial charge in [-0.1, -0.05) is 11.6 Å². The third-order valence-corrected chi connectivity index (χ3v) is 3.51. The molecule has 0 radical (unpaired) electrons. The minimum absolute atomic E-state index is 0.0919. The second-order valence-corrected chi connectivity index (χ2v) is 4.85. The maximum absolute atomic E-state index is 12.1. The molecule has 10 nitrogen and oxygen atoms in total. The Bertz CT molecular complexity index is 696. The molecule has 116 valence electrons. The number of amides is 2. The summed E-state index contributed by atoms with van der Waals surface area (Å²) in [6.07, 6.45) is 1.03.